The molecule has 0 saturated heterocycles. The van der Waals surface area contributed by atoms with Gasteiger partial charge in [-0.3, -0.25) is 0 Å². The third-order valence-electron chi connectivity index (χ3n) is 2.61. The lowest BCUT2D eigenvalue weighted by molar-refractivity contribution is 0.414. The molecular weight excluding hydrogens is 252 g/mol. The maximum Gasteiger partial charge on any atom is 0.118 e. The lowest BCUT2D eigenvalue weighted by atomic mass is 10.2. The molecule has 2 aromatic rings. The minimum atomic E-state index is 0.587. The van der Waals surface area contributed by atoms with Crippen molar-refractivity contribution < 1.29 is 9.47 Å². The second kappa shape index (κ2) is 8.57. The van der Waals surface area contributed by atoms with Crippen LogP contribution in [-0.4, -0.2) is 14.2 Å². The summed E-state index contributed by atoms with van der Waals surface area (Å²) >= 11 is 0. The third-order valence-corrected chi connectivity index (χ3v) is 2.61. The molecule has 4 nitrogen and oxygen atoms in total. The van der Waals surface area contributed by atoms with Crippen molar-refractivity contribution in [1.29, 1.82) is 5.26 Å². The molecule has 0 aliphatic carbocycles. The van der Waals surface area contributed by atoms with Crippen molar-refractivity contribution >= 4 is 0 Å². The van der Waals surface area contributed by atoms with Gasteiger partial charge < -0.3 is 15.2 Å². The van der Waals surface area contributed by atoms with Crippen LogP contribution in [0.2, 0.25) is 0 Å². The number of ether oxygens (including phenoxy) is 2. The van der Waals surface area contributed by atoms with Crippen molar-refractivity contribution in [2.24, 2.45) is 5.73 Å². The first-order valence-electron chi connectivity index (χ1n) is 6.10. The summed E-state index contributed by atoms with van der Waals surface area (Å²) in [6, 6.07) is 16.7. The van der Waals surface area contributed by atoms with E-state index >= 15 is 0 Å². The molecule has 0 heterocycles. The SMILES string of the molecule is COc1ccc(C#N)cc1.COc1ccc(CN)cc1. The molecule has 2 aromatic carbocycles. The zero-order valence-electron chi connectivity index (χ0n) is 11.7. The van der Waals surface area contributed by atoms with E-state index in [0.29, 0.717) is 12.1 Å². The molecule has 4 heteroatoms. The number of benzene rings is 2. The number of methoxy groups -OCH3 is 2. The fourth-order valence-electron chi connectivity index (χ4n) is 1.43. The van der Waals surface area contributed by atoms with E-state index in [-0.39, 0.29) is 0 Å². The first kappa shape index (κ1) is 15.5. The van der Waals surface area contributed by atoms with E-state index in [9.17, 15) is 0 Å². The molecule has 0 spiro atoms. The highest BCUT2D eigenvalue weighted by molar-refractivity contribution is 5.34. The maximum absolute atomic E-state index is 8.41. The number of nitrogens with two attached hydrogens (primary N) is 1. The van der Waals surface area contributed by atoms with Crippen LogP contribution in [0.1, 0.15) is 11.1 Å². The van der Waals surface area contributed by atoms with Crippen LogP contribution in [0.5, 0.6) is 11.5 Å². The topological polar surface area (TPSA) is 68.3 Å². The summed E-state index contributed by atoms with van der Waals surface area (Å²) in [7, 11) is 3.25. The zero-order chi connectivity index (χ0) is 14.8. The van der Waals surface area contributed by atoms with E-state index in [1.165, 1.54) is 0 Å². The van der Waals surface area contributed by atoms with Gasteiger partial charge in [-0.1, -0.05) is 12.1 Å². The van der Waals surface area contributed by atoms with E-state index in [1.807, 2.05) is 30.3 Å². The largest absolute Gasteiger partial charge is 0.497 e. The van der Waals surface area contributed by atoms with Gasteiger partial charge in [0.25, 0.3) is 0 Å². The van der Waals surface area contributed by atoms with Crippen LogP contribution in [0.15, 0.2) is 48.5 Å². The Kier molecular flexibility index (Phi) is 6.66. The molecule has 0 unspecified atom stereocenters. The average Bonchev–Trinajstić information content (AvgIpc) is 2.55. The van der Waals surface area contributed by atoms with Crippen molar-refractivity contribution in [2.45, 2.75) is 6.54 Å². The van der Waals surface area contributed by atoms with Gasteiger partial charge >= 0.3 is 0 Å². The van der Waals surface area contributed by atoms with Gasteiger partial charge in [-0.25, -0.2) is 0 Å². The summed E-state index contributed by atoms with van der Waals surface area (Å²) in [5.74, 6) is 1.65. The molecule has 0 aromatic heterocycles. The fourth-order valence-corrected chi connectivity index (χ4v) is 1.43. The maximum atomic E-state index is 8.41. The van der Waals surface area contributed by atoms with Gasteiger partial charge in [0.2, 0.25) is 0 Å². The summed E-state index contributed by atoms with van der Waals surface area (Å²) in [6.45, 7) is 0.587. The number of nitriles is 1. The summed E-state index contributed by atoms with van der Waals surface area (Å²) in [6.07, 6.45) is 0. The molecule has 0 aliphatic heterocycles. The Bertz CT molecular complexity index is 519. The van der Waals surface area contributed by atoms with Gasteiger partial charge in [0.1, 0.15) is 11.5 Å². The Morgan fingerprint density at radius 2 is 1.35 bits per heavy atom. The van der Waals surface area contributed by atoms with E-state index in [2.05, 4.69) is 0 Å². The first-order chi connectivity index (χ1) is 9.73. The molecule has 0 radical (unpaired) electrons. The highest BCUT2D eigenvalue weighted by atomic mass is 16.5. The van der Waals surface area contributed by atoms with E-state index in [0.717, 1.165) is 17.1 Å². The lowest BCUT2D eigenvalue weighted by Gasteiger charge is -1.99. The first-order valence-corrected chi connectivity index (χ1v) is 6.10. The number of nitrogens with zero attached hydrogens (tertiary/aromatic N) is 1. The van der Waals surface area contributed by atoms with Crippen molar-refractivity contribution in [3.8, 4) is 17.6 Å². The van der Waals surface area contributed by atoms with E-state index in [1.54, 1.807) is 38.5 Å². The lowest BCUT2D eigenvalue weighted by Crippen LogP contribution is -1.95. The van der Waals surface area contributed by atoms with Crippen molar-refractivity contribution in [3.63, 3.8) is 0 Å². The molecule has 0 fully saturated rings. The monoisotopic (exact) mass is 270 g/mol. The Labute approximate surface area is 119 Å². The molecular formula is C16H18N2O2. The number of hydrogen-bond donors (Lipinski definition) is 1. The minimum absolute atomic E-state index is 0.587. The van der Waals surface area contributed by atoms with E-state index < -0.39 is 0 Å². The second-order valence-corrected chi connectivity index (χ2v) is 3.89. The summed E-state index contributed by atoms with van der Waals surface area (Å²) in [5.41, 5.74) is 7.18. The Balaban J connectivity index is 0.000000200. The Morgan fingerprint density at radius 1 is 0.900 bits per heavy atom. The number of rotatable bonds is 3. The Morgan fingerprint density at radius 3 is 1.70 bits per heavy atom. The molecule has 0 aliphatic rings. The van der Waals surface area contributed by atoms with Gasteiger partial charge in [0.15, 0.2) is 0 Å². The van der Waals surface area contributed by atoms with Crippen molar-refractivity contribution in [3.05, 3.63) is 59.7 Å². The Hall–Kier alpha value is -2.51. The normalized spacial score (nSPS) is 8.90. The van der Waals surface area contributed by atoms with Gasteiger partial charge in [-0.15, -0.1) is 0 Å². The molecule has 0 amide bonds. The molecule has 0 saturated carbocycles. The smallest absolute Gasteiger partial charge is 0.118 e. The fraction of sp³-hybridized carbons (Fsp3) is 0.188. The molecule has 20 heavy (non-hydrogen) atoms. The summed E-state index contributed by atoms with van der Waals surface area (Å²) in [4.78, 5) is 0. The molecule has 104 valence electrons. The van der Waals surface area contributed by atoms with Crippen LogP contribution in [0.25, 0.3) is 0 Å². The molecule has 2 N–H and O–H groups in total. The minimum Gasteiger partial charge on any atom is -0.497 e. The van der Waals surface area contributed by atoms with Crippen LogP contribution in [-0.2, 0) is 6.54 Å². The van der Waals surface area contributed by atoms with Gasteiger partial charge in [-0.05, 0) is 42.0 Å². The van der Waals surface area contributed by atoms with Crippen LogP contribution in [0.4, 0.5) is 0 Å². The molecule has 0 atom stereocenters. The van der Waals surface area contributed by atoms with Crippen LogP contribution >= 0.6 is 0 Å². The predicted molar refractivity (Wildman–Crippen MR) is 78.6 cm³/mol. The highest BCUT2D eigenvalue weighted by Crippen LogP contribution is 2.10. The van der Waals surface area contributed by atoms with Crippen LogP contribution in [0.3, 0.4) is 0 Å². The van der Waals surface area contributed by atoms with Crippen LogP contribution in [0, 0.1) is 11.3 Å². The van der Waals surface area contributed by atoms with Gasteiger partial charge in [0.05, 0.1) is 25.9 Å². The molecule has 2 rings (SSSR count). The standard InChI is InChI=1S/C8H11NO.C8H7NO/c2*1-10-8-4-2-7(6-9)3-5-8/h2-5H,6,9H2,1H3;2-5H,1H3. The van der Waals surface area contributed by atoms with Crippen molar-refractivity contribution in [1.82, 2.24) is 0 Å². The average molecular weight is 270 g/mol. The van der Waals surface area contributed by atoms with Crippen molar-refractivity contribution in [2.75, 3.05) is 14.2 Å². The van der Waals surface area contributed by atoms with Gasteiger partial charge in [-0.2, -0.15) is 5.26 Å². The molecule has 0 bridgehead atoms. The van der Waals surface area contributed by atoms with Crippen LogP contribution < -0.4 is 15.2 Å². The highest BCUT2D eigenvalue weighted by Gasteiger charge is 1.90. The van der Waals surface area contributed by atoms with Gasteiger partial charge in [0, 0.05) is 6.54 Å². The van der Waals surface area contributed by atoms with E-state index in [4.69, 9.17) is 20.5 Å². The summed E-state index contributed by atoms with van der Waals surface area (Å²) in [5, 5.41) is 8.41. The number of hydrogen-bond acceptors (Lipinski definition) is 4. The third kappa shape index (κ3) is 5.01. The summed E-state index contributed by atoms with van der Waals surface area (Å²) < 4.78 is 9.88. The quantitative estimate of drug-likeness (QED) is 0.931. The zero-order valence-corrected chi connectivity index (χ0v) is 11.7. The predicted octanol–water partition coefficient (Wildman–Crippen LogP) is 2.72. The second-order valence-electron chi connectivity index (χ2n) is 3.89.